The van der Waals surface area contributed by atoms with Crippen molar-refractivity contribution >= 4 is 23.9 Å². The van der Waals surface area contributed by atoms with Gasteiger partial charge in [0.05, 0.1) is 26.2 Å². The molecule has 1 heterocycles. The second-order valence-electron chi connectivity index (χ2n) is 5.53. The van der Waals surface area contributed by atoms with Crippen LogP contribution >= 0.6 is 11.8 Å². The zero-order valence-corrected chi connectivity index (χ0v) is 16.3. The Kier molecular flexibility index (Phi) is 6.97. The number of rotatable bonds is 7. The number of hydrazone groups is 1. The molecule has 0 aliphatic heterocycles. The van der Waals surface area contributed by atoms with Gasteiger partial charge in [0.1, 0.15) is 11.5 Å². The molecule has 0 aliphatic carbocycles. The van der Waals surface area contributed by atoms with Gasteiger partial charge in [0.15, 0.2) is 5.16 Å². The van der Waals surface area contributed by atoms with Crippen LogP contribution in [0.3, 0.4) is 0 Å². The van der Waals surface area contributed by atoms with Crippen LogP contribution in [-0.4, -0.2) is 42.1 Å². The Morgan fingerprint density at radius 3 is 2.50 bits per heavy atom. The summed E-state index contributed by atoms with van der Waals surface area (Å²) in [5.41, 5.74) is 5.86. The molecule has 0 saturated heterocycles. The van der Waals surface area contributed by atoms with Crippen LogP contribution in [-0.2, 0) is 4.79 Å². The summed E-state index contributed by atoms with van der Waals surface area (Å²) >= 11 is 1.27. The van der Waals surface area contributed by atoms with E-state index in [1.807, 2.05) is 39.0 Å². The van der Waals surface area contributed by atoms with E-state index >= 15 is 0 Å². The van der Waals surface area contributed by atoms with E-state index in [-0.39, 0.29) is 11.7 Å². The minimum absolute atomic E-state index is 0.180. The molecule has 0 aliphatic rings. The van der Waals surface area contributed by atoms with Crippen LogP contribution in [0.1, 0.15) is 22.5 Å². The fourth-order valence-corrected chi connectivity index (χ4v) is 3.12. The predicted octanol–water partition coefficient (Wildman–Crippen LogP) is 2.66. The lowest BCUT2D eigenvalue weighted by Crippen LogP contribution is -2.20. The first-order valence-corrected chi connectivity index (χ1v) is 8.91. The van der Waals surface area contributed by atoms with Gasteiger partial charge in [-0.15, -0.1) is 0 Å². The van der Waals surface area contributed by atoms with Gasteiger partial charge in [-0.05, 0) is 39.0 Å². The average Bonchev–Trinajstić information content (AvgIpc) is 2.59. The lowest BCUT2D eigenvalue weighted by atomic mass is 10.1. The third kappa shape index (κ3) is 5.19. The summed E-state index contributed by atoms with van der Waals surface area (Å²) in [7, 11) is 3.19. The van der Waals surface area contributed by atoms with Crippen LogP contribution < -0.4 is 14.9 Å². The maximum absolute atomic E-state index is 11.9. The Morgan fingerprint density at radius 2 is 1.88 bits per heavy atom. The SMILES string of the molecule is COc1ccc(/C=N\NC(=O)CSc2nc(C)cc(C)n2)c(OC)c1C. The van der Waals surface area contributed by atoms with Crippen molar-refractivity contribution in [1.82, 2.24) is 15.4 Å². The highest BCUT2D eigenvalue weighted by Gasteiger charge is 2.10. The van der Waals surface area contributed by atoms with Gasteiger partial charge in [-0.3, -0.25) is 4.79 Å². The van der Waals surface area contributed by atoms with E-state index in [2.05, 4.69) is 20.5 Å². The van der Waals surface area contributed by atoms with Gasteiger partial charge in [-0.1, -0.05) is 11.8 Å². The topological polar surface area (TPSA) is 85.7 Å². The molecule has 0 bridgehead atoms. The standard InChI is InChI=1S/C18H22N4O3S/c1-11-8-12(2)21-18(20-11)26-10-16(23)22-19-9-14-6-7-15(24-4)13(3)17(14)25-5/h6-9H,10H2,1-5H3,(H,22,23)/b19-9-. The molecule has 0 radical (unpaired) electrons. The molecule has 0 unspecified atom stereocenters. The predicted molar refractivity (Wildman–Crippen MR) is 102 cm³/mol. The first-order chi connectivity index (χ1) is 12.4. The maximum atomic E-state index is 11.9. The summed E-state index contributed by atoms with van der Waals surface area (Å²) in [6.07, 6.45) is 1.54. The highest BCUT2D eigenvalue weighted by Crippen LogP contribution is 2.30. The van der Waals surface area contributed by atoms with E-state index in [0.29, 0.717) is 10.9 Å². The molecule has 1 N–H and O–H groups in total. The van der Waals surface area contributed by atoms with Crippen molar-refractivity contribution in [3.63, 3.8) is 0 Å². The van der Waals surface area contributed by atoms with E-state index in [9.17, 15) is 4.79 Å². The zero-order chi connectivity index (χ0) is 19.1. The number of aryl methyl sites for hydroxylation is 2. The van der Waals surface area contributed by atoms with Gasteiger partial charge in [0.2, 0.25) is 0 Å². The normalized spacial score (nSPS) is 10.8. The fraction of sp³-hybridized carbons (Fsp3) is 0.333. The lowest BCUT2D eigenvalue weighted by molar-refractivity contribution is -0.118. The van der Waals surface area contributed by atoms with E-state index in [1.54, 1.807) is 20.4 Å². The third-order valence-corrected chi connectivity index (χ3v) is 4.35. The third-order valence-electron chi connectivity index (χ3n) is 3.50. The molecule has 2 aromatic rings. The molecule has 2 rings (SSSR count). The Bertz CT molecular complexity index is 804. The van der Waals surface area contributed by atoms with E-state index in [1.165, 1.54) is 11.8 Å². The Morgan fingerprint density at radius 1 is 1.19 bits per heavy atom. The molecule has 8 heteroatoms. The first-order valence-electron chi connectivity index (χ1n) is 7.93. The number of carbonyl (C=O) groups excluding carboxylic acids is 1. The average molecular weight is 374 g/mol. The molecule has 1 amide bonds. The number of hydrogen-bond donors (Lipinski definition) is 1. The van der Waals surface area contributed by atoms with Gasteiger partial charge >= 0.3 is 0 Å². The lowest BCUT2D eigenvalue weighted by Gasteiger charge is -2.11. The Labute approximate surface area is 157 Å². The number of thioether (sulfide) groups is 1. The number of ether oxygens (including phenoxy) is 2. The van der Waals surface area contributed by atoms with E-state index in [0.717, 1.165) is 28.3 Å². The quantitative estimate of drug-likeness (QED) is 0.347. The van der Waals surface area contributed by atoms with Gasteiger partial charge in [0, 0.05) is 22.5 Å². The monoisotopic (exact) mass is 374 g/mol. The summed E-state index contributed by atoms with van der Waals surface area (Å²) in [5, 5.41) is 4.57. The zero-order valence-electron chi connectivity index (χ0n) is 15.5. The molecular weight excluding hydrogens is 352 g/mol. The molecular formula is C18H22N4O3S. The number of benzene rings is 1. The fourth-order valence-electron chi connectivity index (χ4n) is 2.38. The van der Waals surface area contributed by atoms with Gasteiger partial charge in [-0.2, -0.15) is 5.10 Å². The Balaban J connectivity index is 1.95. The molecule has 138 valence electrons. The number of nitrogens with zero attached hydrogens (tertiary/aromatic N) is 3. The summed E-state index contributed by atoms with van der Waals surface area (Å²) in [6.45, 7) is 5.69. The number of nitrogens with one attached hydrogen (secondary N) is 1. The van der Waals surface area contributed by atoms with Gasteiger partial charge in [0.25, 0.3) is 5.91 Å². The minimum Gasteiger partial charge on any atom is -0.496 e. The van der Waals surface area contributed by atoms with Crippen LogP contribution in [0.5, 0.6) is 11.5 Å². The van der Waals surface area contributed by atoms with Crippen molar-refractivity contribution in [2.24, 2.45) is 5.10 Å². The molecule has 1 aromatic carbocycles. The summed E-state index contributed by atoms with van der Waals surface area (Å²) in [6, 6.07) is 5.53. The smallest absolute Gasteiger partial charge is 0.250 e. The van der Waals surface area contributed by atoms with Crippen LogP contribution in [0.15, 0.2) is 28.5 Å². The van der Waals surface area contributed by atoms with Crippen molar-refractivity contribution in [1.29, 1.82) is 0 Å². The van der Waals surface area contributed by atoms with E-state index in [4.69, 9.17) is 9.47 Å². The van der Waals surface area contributed by atoms with Crippen molar-refractivity contribution in [3.05, 3.63) is 40.7 Å². The van der Waals surface area contributed by atoms with E-state index < -0.39 is 0 Å². The van der Waals surface area contributed by atoms with Crippen molar-refractivity contribution in [2.75, 3.05) is 20.0 Å². The van der Waals surface area contributed by atoms with Crippen molar-refractivity contribution < 1.29 is 14.3 Å². The number of amides is 1. The van der Waals surface area contributed by atoms with Crippen molar-refractivity contribution in [2.45, 2.75) is 25.9 Å². The first kappa shape index (κ1) is 19.7. The number of hydrogen-bond acceptors (Lipinski definition) is 7. The van der Waals surface area contributed by atoms with Crippen LogP contribution in [0.4, 0.5) is 0 Å². The summed E-state index contributed by atoms with van der Waals surface area (Å²) in [5.74, 6) is 1.32. The Hall–Kier alpha value is -2.61. The van der Waals surface area contributed by atoms with Gasteiger partial charge in [-0.25, -0.2) is 15.4 Å². The number of methoxy groups -OCH3 is 2. The molecule has 1 aromatic heterocycles. The number of aromatic nitrogens is 2. The molecule has 0 spiro atoms. The second kappa shape index (κ2) is 9.19. The highest BCUT2D eigenvalue weighted by molar-refractivity contribution is 7.99. The van der Waals surface area contributed by atoms with Crippen molar-refractivity contribution in [3.8, 4) is 11.5 Å². The molecule has 26 heavy (non-hydrogen) atoms. The summed E-state index contributed by atoms with van der Waals surface area (Å²) in [4.78, 5) is 20.5. The number of carbonyl (C=O) groups is 1. The largest absolute Gasteiger partial charge is 0.496 e. The molecule has 7 nitrogen and oxygen atoms in total. The minimum atomic E-state index is -0.238. The highest BCUT2D eigenvalue weighted by atomic mass is 32.2. The maximum Gasteiger partial charge on any atom is 0.250 e. The van der Waals surface area contributed by atoms with Gasteiger partial charge < -0.3 is 9.47 Å². The van der Waals surface area contributed by atoms with Crippen LogP contribution in [0.2, 0.25) is 0 Å². The molecule has 0 atom stereocenters. The second-order valence-corrected chi connectivity index (χ2v) is 6.47. The molecule has 0 fully saturated rings. The molecule has 0 saturated carbocycles. The van der Waals surface area contributed by atoms with Crippen LogP contribution in [0.25, 0.3) is 0 Å². The van der Waals surface area contributed by atoms with Crippen LogP contribution in [0, 0.1) is 20.8 Å². The summed E-state index contributed by atoms with van der Waals surface area (Å²) < 4.78 is 10.7.